The van der Waals surface area contributed by atoms with Crippen molar-refractivity contribution in [3.05, 3.63) is 42.2 Å². The first-order chi connectivity index (χ1) is 9.00. The Balaban J connectivity index is 2.29. The highest BCUT2D eigenvalue weighted by molar-refractivity contribution is 5.46. The van der Waals surface area contributed by atoms with E-state index in [1.165, 1.54) is 30.6 Å². The van der Waals surface area contributed by atoms with Crippen LogP contribution in [0.4, 0.5) is 14.6 Å². The van der Waals surface area contributed by atoms with Gasteiger partial charge >= 0.3 is 0 Å². The highest BCUT2D eigenvalue weighted by Gasteiger charge is 2.24. The van der Waals surface area contributed by atoms with Crippen LogP contribution in [0.5, 0.6) is 11.6 Å². The van der Waals surface area contributed by atoms with Crippen LogP contribution in [-0.2, 0) is 5.92 Å². The number of hydrogen-bond donors (Lipinski definition) is 1. The molecule has 0 radical (unpaired) electrons. The number of nitrogens with one attached hydrogen (secondary N) is 1. The monoisotopic (exact) mass is 265 g/mol. The predicted molar refractivity (Wildman–Crippen MR) is 67.7 cm³/mol. The van der Waals surface area contributed by atoms with Crippen molar-refractivity contribution in [2.75, 3.05) is 12.4 Å². The fourth-order valence-electron chi connectivity index (χ4n) is 1.52. The molecule has 0 saturated heterocycles. The van der Waals surface area contributed by atoms with Crippen LogP contribution in [0.2, 0.25) is 0 Å². The number of alkyl halides is 2. The number of nitrogens with zero attached hydrogens (tertiary/aromatic N) is 2. The van der Waals surface area contributed by atoms with Gasteiger partial charge in [0.1, 0.15) is 5.75 Å². The van der Waals surface area contributed by atoms with Crippen LogP contribution in [0.3, 0.4) is 0 Å². The van der Waals surface area contributed by atoms with E-state index in [1.807, 2.05) is 0 Å². The molecule has 0 unspecified atom stereocenters. The molecule has 0 amide bonds. The first kappa shape index (κ1) is 13.2. The van der Waals surface area contributed by atoms with Crippen LogP contribution in [0.25, 0.3) is 0 Å². The first-order valence-electron chi connectivity index (χ1n) is 5.65. The normalized spacial score (nSPS) is 11.2. The van der Waals surface area contributed by atoms with E-state index in [-0.39, 0.29) is 17.2 Å². The second-order valence-electron chi connectivity index (χ2n) is 3.98. The Morgan fingerprint density at radius 3 is 2.63 bits per heavy atom. The number of ether oxygens (including phenoxy) is 1. The molecule has 1 aromatic carbocycles. The highest BCUT2D eigenvalue weighted by atomic mass is 19.3. The van der Waals surface area contributed by atoms with Crippen molar-refractivity contribution in [1.29, 1.82) is 0 Å². The zero-order chi connectivity index (χ0) is 13.9. The zero-order valence-electron chi connectivity index (χ0n) is 10.5. The van der Waals surface area contributed by atoms with Gasteiger partial charge < -0.3 is 10.1 Å². The van der Waals surface area contributed by atoms with Crippen molar-refractivity contribution in [1.82, 2.24) is 9.97 Å². The third-order valence-corrected chi connectivity index (χ3v) is 2.46. The van der Waals surface area contributed by atoms with Crippen LogP contribution < -0.4 is 10.1 Å². The molecule has 0 aliphatic heterocycles. The minimum atomic E-state index is -2.91. The van der Waals surface area contributed by atoms with Gasteiger partial charge in [-0.1, -0.05) is 12.1 Å². The molecule has 0 saturated carbocycles. The van der Waals surface area contributed by atoms with Gasteiger partial charge in [-0.05, 0) is 12.1 Å². The molecule has 0 bridgehead atoms. The molecule has 0 aliphatic rings. The summed E-state index contributed by atoms with van der Waals surface area (Å²) in [6, 6.07) is 5.73. The van der Waals surface area contributed by atoms with Gasteiger partial charge in [0.05, 0.1) is 0 Å². The summed E-state index contributed by atoms with van der Waals surface area (Å²) in [4.78, 5) is 8.02. The SMILES string of the molecule is CNc1nccnc1Oc1cccc(C(C)(F)F)c1. The van der Waals surface area contributed by atoms with Crippen molar-refractivity contribution in [3.63, 3.8) is 0 Å². The molecule has 100 valence electrons. The summed E-state index contributed by atoms with van der Waals surface area (Å²) in [6.07, 6.45) is 2.98. The third kappa shape index (κ3) is 3.15. The van der Waals surface area contributed by atoms with E-state index in [0.717, 1.165) is 6.92 Å². The Labute approximate surface area is 109 Å². The summed E-state index contributed by atoms with van der Waals surface area (Å²) in [6.45, 7) is 0.841. The maximum atomic E-state index is 13.2. The van der Waals surface area contributed by atoms with Gasteiger partial charge in [0, 0.05) is 31.9 Å². The number of anilines is 1. The predicted octanol–water partition coefficient (Wildman–Crippen LogP) is 3.42. The standard InChI is InChI=1S/C13H13F2N3O/c1-13(14,15)9-4-3-5-10(8-9)19-12-11(16-2)17-6-7-18-12/h3-8H,1-2H3,(H,16,17). The lowest BCUT2D eigenvalue weighted by Crippen LogP contribution is -2.06. The number of hydrogen-bond acceptors (Lipinski definition) is 4. The second kappa shape index (κ2) is 5.17. The van der Waals surface area contributed by atoms with E-state index in [0.29, 0.717) is 5.82 Å². The quantitative estimate of drug-likeness (QED) is 0.920. The van der Waals surface area contributed by atoms with Crippen molar-refractivity contribution < 1.29 is 13.5 Å². The second-order valence-corrected chi connectivity index (χ2v) is 3.98. The fourth-order valence-corrected chi connectivity index (χ4v) is 1.52. The maximum absolute atomic E-state index is 13.2. The van der Waals surface area contributed by atoms with Crippen LogP contribution in [0.15, 0.2) is 36.7 Å². The lowest BCUT2D eigenvalue weighted by molar-refractivity contribution is 0.0173. The molecule has 1 aromatic heterocycles. The summed E-state index contributed by atoms with van der Waals surface area (Å²) < 4.78 is 31.9. The molecule has 1 heterocycles. The Bertz CT molecular complexity index is 570. The summed E-state index contributed by atoms with van der Waals surface area (Å²) in [5, 5.41) is 2.81. The van der Waals surface area contributed by atoms with Gasteiger partial charge in [-0.3, -0.25) is 0 Å². The van der Waals surface area contributed by atoms with Gasteiger partial charge in [0.25, 0.3) is 11.8 Å². The van der Waals surface area contributed by atoms with Gasteiger partial charge in [0.15, 0.2) is 5.82 Å². The summed E-state index contributed by atoms with van der Waals surface area (Å²) in [5.74, 6) is -1.94. The minimum Gasteiger partial charge on any atom is -0.436 e. The lowest BCUT2D eigenvalue weighted by Gasteiger charge is -2.13. The van der Waals surface area contributed by atoms with Crippen molar-refractivity contribution >= 4 is 5.82 Å². The van der Waals surface area contributed by atoms with Crippen molar-refractivity contribution in [2.45, 2.75) is 12.8 Å². The Kier molecular flexibility index (Phi) is 3.59. The van der Waals surface area contributed by atoms with Crippen molar-refractivity contribution in [2.24, 2.45) is 0 Å². The number of aromatic nitrogens is 2. The number of rotatable bonds is 4. The molecule has 2 aromatic rings. The topological polar surface area (TPSA) is 47.0 Å². The largest absolute Gasteiger partial charge is 0.436 e. The molecular formula is C13H13F2N3O. The van der Waals surface area contributed by atoms with E-state index in [1.54, 1.807) is 13.1 Å². The average molecular weight is 265 g/mol. The first-order valence-corrected chi connectivity index (χ1v) is 5.65. The number of benzene rings is 1. The summed E-state index contributed by atoms with van der Waals surface area (Å²) in [7, 11) is 1.67. The summed E-state index contributed by atoms with van der Waals surface area (Å²) >= 11 is 0. The number of halogens is 2. The molecule has 2 rings (SSSR count). The molecule has 0 atom stereocenters. The molecular weight excluding hydrogens is 252 g/mol. The lowest BCUT2D eigenvalue weighted by atomic mass is 10.1. The molecule has 0 spiro atoms. The highest BCUT2D eigenvalue weighted by Crippen LogP contribution is 2.31. The molecule has 19 heavy (non-hydrogen) atoms. The molecule has 4 nitrogen and oxygen atoms in total. The van der Waals surface area contributed by atoms with E-state index in [4.69, 9.17) is 4.74 Å². The third-order valence-electron chi connectivity index (χ3n) is 2.46. The maximum Gasteiger partial charge on any atom is 0.270 e. The zero-order valence-corrected chi connectivity index (χ0v) is 10.5. The van der Waals surface area contributed by atoms with E-state index < -0.39 is 5.92 Å². The Morgan fingerprint density at radius 2 is 1.95 bits per heavy atom. The molecule has 1 N–H and O–H groups in total. The average Bonchev–Trinajstić information content (AvgIpc) is 2.39. The smallest absolute Gasteiger partial charge is 0.270 e. The van der Waals surface area contributed by atoms with Crippen LogP contribution in [0, 0.1) is 0 Å². The molecule has 6 heteroatoms. The van der Waals surface area contributed by atoms with Crippen LogP contribution in [-0.4, -0.2) is 17.0 Å². The van der Waals surface area contributed by atoms with Crippen molar-refractivity contribution in [3.8, 4) is 11.6 Å². The van der Waals surface area contributed by atoms with Crippen LogP contribution in [0.1, 0.15) is 12.5 Å². The van der Waals surface area contributed by atoms with Gasteiger partial charge in [-0.2, -0.15) is 0 Å². The Morgan fingerprint density at radius 1 is 1.21 bits per heavy atom. The van der Waals surface area contributed by atoms with E-state index in [9.17, 15) is 8.78 Å². The Hall–Kier alpha value is -2.24. The molecule has 0 aliphatic carbocycles. The molecule has 0 fully saturated rings. The fraction of sp³-hybridized carbons (Fsp3) is 0.231. The van der Waals surface area contributed by atoms with E-state index >= 15 is 0 Å². The van der Waals surface area contributed by atoms with Gasteiger partial charge in [-0.25, -0.2) is 18.7 Å². The summed E-state index contributed by atoms with van der Waals surface area (Å²) in [5.41, 5.74) is -0.111. The van der Waals surface area contributed by atoms with E-state index in [2.05, 4.69) is 15.3 Å². The van der Waals surface area contributed by atoms with Gasteiger partial charge in [-0.15, -0.1) is 0 Å². The van der Waals surface area contributed by atoms with Gasteiger partial charge in [0.2, 0.25) is 0 Å². The van der Waals surface area contributed by atoms with Crippen LogP contribution >= 0.6 is 0 Å². The minimum absolute atomic E-state index is 0.111.